The number of anilines is 1. The quantitative estimate of drug-likeness (QED) is 0.756. The van der Waals surface area contributed by atoms with Gasteiger partial charge in [0, 0.05) is 20.5 Å². The van der Waals surface area contributed by atoms with Crippen LogP contribution in [0.1, 0.15) is 16.8 Å². The topological polar surface area (TPSA) is 49.8 Å². The summed E-state index contributed by atoms with van der Waals surface area (Å²) in [4.78, 5) is 13.3. The smallest absolute Gasteiger partial charge is 0.170 e. The van der Waals surface area contributed by atoms with Crippen LogP contribution < -0.4 is 9.64 Å². The van der Waals surface area contributed by atoms with Crippen molar-refractivity contribution in [3.8, 4) is 11.5 Å². The summed E-state index contributed by atoms with van der Waals surface area (Å²) in [5.74, 6) is 0.698. The molecular formula is C11H13NO3. The predicted molar refractivity (Wildman–Crippen MR) is 56.9 cm³/mol. The molecule has 1 N–H and O–H groups in total. The summed E-state index contributed by atoms with van der Waals surface area (Å²) in [5, 5.41) is 9.69. The third kappa shape index (κ3) is 1.52. The first kappa shape index (κ1) is 9.83. The van der Waals surface area contributed by atoms with Gasteiger partial charge in [-0.25, -0.2) is 0 Å². The molecule has 0 fully saturated rings. The Hall–Kier alpha value is -1.71. The lowest BCUT2D eigenvalue weighted by atomic mass is 10.0. The normalized spacial score (nSPS) is 14.4. The number of aromatic hydroxyl groups is 1. The Bertz CT molecular complexity index is 413. The molecule has 0 aliphatic carbocycles. The van der Waals surface area contributed by atoms with E-state index >= 15 is 0 Å². The van der Waals surface area contributed by atoms with Crippen LogP contribution in [-0.2, 0) is 0 Å². The van der Waals surface area contributed by atoms with E-state index in [2.05, 4.69) is 0 Å². The van der Waals surface area contributed by atoms with Crippen LogP contribution in [0.3, 0.4) is 0 Å². The number of fused-ring (bicyclic) bond motifs is 1. The standard InChI is InChI=1S/C11H13NO3/c1-12(2)10-9(14)4-3-7-8(13)5-6-15-11(7)10/h3-4,14H,5-6H2,1-2H3. The predicted octanol–water partition coefficient (Wildman–Crippen LogP) is 1.42. The van der Waals surface area contributed by atoms with Crippen LogP contribution in [0.2, 0.25) is 0 Å². The molecule has 0 atom stereocenters. The first-order valence-electron chi connectivity index (χ1n) is 4.80. The highest BCUT2D eigenvalue weighted by molar-refractivity contribution is 6.02. The zero-order valence-corrected chi connectivity index (χ0v) is 8.78. The number of Topliss-reactive ketones (excluding diaryl/α,β-unsaturated/α-hetero) is 1. The summed E-state index contributed by atoms with van der Waals surface area (Å²) in [6, 6.07) is 3.14. The van der Waals surface area contributed by atoms with E-state index in [0.717, 1.165) is 0 Å². The van der Waals surface area contributed by atoms with E-state index in [0.29, 0.717) is 30.0 Å². The molecule has 0 unspecified atom stereocenters. The van der Waals surface area contributed by atoms with Crippen molar-refractivity contribution in [1.29, 1.82) is 0 Å². The van der Waals surface area contributed by atoms with Crippen LogP contribution >= 0.6 is 0 Å². The summed E-state index contributed by atoms with van der Waals surface area (Å²) in [6.45, 7) is 0.385. The van der Waals surface area contributed by atoms with Crippen LogP contribution in [0.25, 0.3) is 0 Å². The number of ether oxygens (including phenoxy) is 1. The molecule has 1 heterocycles. The molecule has 15 heavy (non-hydrogen) atoms. The van der Waals surface area contributed by atoms with Gasteiger partial charge in [-0.1, -0.05) is 0 Å². The minimum Gasteiger partial charge on any atom is -0.506 e. The van der Waals surface area contributed by atoms with Crippen molar-refractivity contribution in [2.45, 2.75) is 6.42 Å². The van der Waals surface area contributed by atoms with Crippen molar-refractivity contribution in [3.63, 3.8) is 0 Å². The van der Waals surface area contributed by atoms with Gasteiger partial charge >= 0.3 is 0 Å². The van der Waals surface area contributed by atoms with Crippen LogP contribution in [0.15, 0.2) is 12.1 Å². The highest BCUT2D eigenvalue weighted by Crippen LogP contribution is 2.40. The maximum Gasteiger partial charge on any atom is 0.170 e. The van der Waals surface area contributed by atoms with Crippen molar-refractivity contribution in [2.75, 3.05) is 25.6 Å². The van der Waals surface area contributed by atoms with E-state index in [4.69, 9.17) is 4.74 Å². The van der Waals surface area contributed by atoms with Gasteiger partial charge in [0.2, 0.25) is 0 Å². The minimum atomic E-state index is 0.0688. The number of phenols is 1. The molecule has 0 amide bonds. The Kier molecular flexibility index (Phi) is 2.26. The number of benzene rings is 1. The van der Waals surface area contributed by atoms with Gasteiger partial charge in [-0.05, 0) is 12.1 Å². The summed E-state index contributed by atoms with van der Waals surface area (Å²) in [7, 11) is 3.61. The van der Waals surface area contributed by atoms with Crippen molar-refractivity contribution < 1.29 is 14.6 Å². The van der Waals surface area contributed by atoms with Crippen LogP contribution in [-0.4, -0.2) is 31.6 Å². The van der Waals surface area contributed by atoms with Crippen molar-refractivity contribution >= 4 is 11.5 Å². The van der Waals surface area contributed by atoms with Crippen molar-refractivity contribution in [1.82, 2.24) is 0 Å². The van der Waals surface area contributed by atoms with Crippen molar-refractivity contribution in [3.05, 3.63) is 17.7 Å². The molecule has 4 nitrogen and oxygen atoms in total. The summed E-state index contributed by atoms with van der Waals surface area (Å²) < 4.78 is 5.44. The zero-order chi connectivity index (χ0) is 11.0. The summed E-state index contributed by atoms with van der Waals surface area (Å²) in [5.41, 5.74) is 1.13. The molecule has 0 bridgehead atoms. The Morgan fingerprint density at radius 3 is 2.80 bits per heavy atom. The van der Waals surface area contributed by atoms with Gasteiger partial charge in [0.05, 0.1) is 12.2 Å². The van der Waals surface area contributed by atoms with E-state index in [-0.39, 0.29) is 11.5 Å². The van der Waals surface area contributed by atoms with Crippen LogP contribution in [0.5, 0.6) is 11.5 Å². The van der Waals surface area contributed by atoms with Crippen molar-refractivity contribution in [2.24, 2.45) is 0 Å². The lowest BCUT2D eigenvalue weighted by molar-refractivity contribution is 0.0934. The molecular weight excluding hydrogens is 194 g/mol. The number of phenolic OH excluding ortho intramolecular Hbond substituents is 1. The molecule has 2 rings (SSSR count). The fraction of sp³-hybridized carbons (Fsp3) is 0.364. The molecule has 0 aromatic heterocycles. The second kappa shape index (κ2) is 3.46. The number of hydrogen-bond acceptors (Lipinski definition) is 4. The van der Waals surface area contributed by atoms with Gasteiger partial charge in [-0.3, -0.25) is 4.79 Å². The Labute approximate surface area is 88.1 Å². The highest BCUT2D eigenvalue weighted by atomic mass is 16.5. The molecule has 0 spiro atoms. The molecule has 1 aromatic rings. The Morgan fingerprint density at radius 1 is 1.40 bits per heavy atom. The molecule has 1 aromatic carbocycles. The third-order valence-corrected chi connectivity index (χ3v) is 2.43. The first-order chi connectivity index (χ1) is 7.11. The first-order valence-corrected chi connectivity index (χ1v) is 4.80. The molecule has 1 aliphatic heterocycles. The number of rotatable bonds is 1. The number of ketones is 1. The fourth-order valence-electron chi connectivity index (χ4n) is 1.74. The molecule has 80 valence electrons. The number of hydrogen-bond donors (Lipinski definition) is 1. The van der Waals surface area contributed by atoms with Gasteiger partial charge in [-0.2, -0.15) is 0 Å². The van der Waals surface area contributed by atoms with Gasteiger partial charge in [0.15, 0.2) is 11.5 Å². The lowest BCUT2D eigenvalue weighted by Gasteiger charge is -2.24. The molecule has 0 radical (unpaired) electrons. The van der Waals surface area contributed by atoms with Crippen LogP contribution in [0.4, 0.5) is 5.69 Å². The number of nitrogens with zero attached hydrogens (tertiary/aromatic N) is 1. The highest BCUT2D eigenvalue weighted by Gasteiger charge is 2.24. The maximum atomic E-state index is 11.6. The van der Waals surface area contributed by atoms with E-state index in [1.165, 1.54) is 6.07 Å². The van der Waals surface area contributed by atoms with E-state index in [1.54, 1.807) is 25.1 Å². The summed E-state index contributed by atoms with van der Waals surface area (Å²) in [6.07, 6.45) is 0.407. The minimum absolute atomic E-state index is 0.0688. The Balaban J connectivity index is 2.63. The average Bonchev–Trinajstić information content (AvgIpc) is 2.17. The average molecular weight is 207 g/mol. The molecule has 0 saturated carbocycles. The second-order valence-electron chi connectivity index (χ2n) is 3.73. The third-order valence-electron chi connectivity index (χ3n) is 2.43. The molecule has 0 saturated heterocycles. The van der Waals surface area contributed by atoms with E-state index in [9.17, 15) is 9.90 Å². The summed E-state index contributed by atoms with van der Waals surface area (Å²) >= 11 is 0. The maximum absolute atomic E-state index is 11.6. The number of carbonyl (C=O) groups excluding carboxylic acids is 1. The van der Waals surface area contributed by atoms with E-state index < -0.39 is 0 Å². The molecule has 4 heteroatoms. The number of carbonyl (C=O) groups is 1. The Morgan fingerprint density at radius 2 is 2.13 bits per heavy atom. The van der Waals surface area contributed by atoms with Gasteiger partial charge in [-0.15, -0.1) is 0 Å². The monoisotopic (exact) mass is 207 g/mol. The zero-order valence-electron chi connectivity index (χ0n) is 8.78. The van der Waals surface area contributed by atoms with E-state index in [1.807, 2.05) is 0 Å². The fourth-order valence-corrected chi connectivity index (χ4v) is 1.74. The van der Waals surface area contributed by atoms with Gasteiger partial charge in [0.1, 0.15) is 11.4 Å². The van der Waals surface area contributed by atoms with Gasteiger partial charge < -0.3 is 14.7 Å². The molecule has 1 aliphatic rings. The SMILES string of the molecule is CN(C)c1c(O)ccc2c1OCCC2=O. The largest absolute Gasteiger partial charge is 0.506 e. The second-order valence-corrected chi connectivity index (χ2v) is 3.73. The van der Waals surface area contributed by atoms with Gasteiger partial charge in [0.25, 0.3) is 0 Å². The lowest BCUT2D eigenvalue weighted by Crippen LogP contribution is -2.19. The van der Waals surface area contributed by atoms with Crippen LogP contribution in [0, 0.1) is 0 Å².